The number of hydrogen-bond acceptors (Lipinski definition) is 6. The van der Waals surface area contributed by atoms with Gasteiger partial charge in [0.2, 0.25) is 0 Å². The van der Waals surface area contributed by atoms with Crippen LogP contribution in [-0.4, -0.2) is 31.8 Å². The third kappa shape index (κ3) is 21.9. The van der Waals surface area contributed by atoms with Gasteiger partial charge in [0.25, 0.3) is 0 Å². The van der Waals surface area contributed by atoms with Crippen molar-refractivity contribution >= 4 is 17.2 Å². The van der Waals surface area contributed by atoms with E-state index in [1.807, 2.05) is 13.8 Å². The zero-order valence-electron chi connectivity index (χ0n) is 26.2. The summed E-state index contributed by atoms with van der Waals surface area (Å²) in [5.41, 5.74) is -1.37. The van der Waals surface area contributed by atoms with Crippen molar-refractivity contribution in [3.8, 4) is 0 Å². The Kier molecular flexibility index (Phi) is 26.7. The Morgan fingerprint density at radius 3 is 1.05 bits per heavy atom. The van der Waals surface area contributed by atoms with Crippen molar-refractivity contribution in [1.29, 1.82) is 0 Å². The Morgan fingerprint density at radius 2 is 0.769 bits per heavy atom. The Morgan fingerprint density at radius 1 is 0.462 bits per heavy atom. The van der Waals surface area contributed by atoms with Crippen molar-refractivity contribution in [3.05, 3.63) is 0 Å². The second kappa shape index (κ2) is 26.3. The molecule has 0 rings (SSSR count). The van der Waals surface area contributed by atoms with Gasteiger partial charge in [0.1, 0.15) is 0 Å². The van der Waals surface area contributed by atoms with E-state index in [4.69, 9.17) is 9.05 Å². The molecule has 0 unspecified atom stereocenters. The summed E-state index contributed by atoms with van der Waals surface area (Å²) in [6.07, 6.45) is 29.1. The van der Waals surface area contributed by atoms with E-state index in [1.165, 1.54) is 116 Å². The predicted molar refractivity (Wildman–Crippen MR) is 168 cm³/mol. The largest absolute Gasteiger partial charge is 0.328 e. The summed E-state index contributed by atoms with van der Waals surface area (Å²) in [7, 11) is -5.00. The third-order valence-corrected chi connectivity index (χ3v) is 9.27. The topological polar surface area (TPSA) is 99.4 Å². The van der Waals surface area contributed by atoms with Gasteiger partial charge in [0.05, 0.1) is 12.2 Å². The minimum atomic E-state index is -2.53. The summed E-state index contributed by atoms with van der Waals surface area (Å²) in [6.45, 7) is 8.59. The fraction of sp³-hybridized carbons (Fsp3) is 1.00. The molecule has 236 valence electrons. The van der Waals surface area contributed by atoms with Crippen LogP contribution in [0.4, 0.5) is 0 Å². The highest BCUT2D eigenvalue weighted by molar-refractivity contribution is 7.39. The molecule has 0 bridgehead atoms. The van der Waals surface area contributed by atoms with Crippen LogP contribution in [0.5, 0.6) is 0 Å². The first-order valence-corrected chi connectivity index (χ1v) is 18.7. The van der Waals surface area contributed by atoms with Gasteiger partial charge in [-0.05, 0) is 12.8 Å². The molecule has 0 aliphatic rings. The summed E-state index contributed by atoms with van der Waals surface area (Å²) in [4.78, 5) is 38.7. The van der Waals surface area contributed by atoms with E-state index in [9.17, 15) is 19.6 Å². The Labute approximate surface area is 245 Å². The van der Waals surface area contributed by atoms with Crippen LogP contribution in [0.15, 0.2) is 0 Å². The fourth-order valence-electron chi connectivity index (χ4n) is 5.67. The van der Waals surface area contributed by atoms with Crippen molar-refractivity contribution in [2.45, 2.75) is 187 Å². The molecule has 8 heteroatoms. The molecule has 0 aliphatic heterocycles. The molecule has 6 nitrogen and oxygen atoms in total. The zero-order chi connectivity index (χ0) is 29.2. The van der Waals surface area contributed by atoms with Crippen LogP contribution in [0.25, 0.3) is 0 Å². The molecule has 0 saturated heterocycles. The average molecular weight is 597 g/mol. The van der Waals surface area contributed by atoms with Crippen LogP contribution in [0, 0.1) is 5.41 Å². The fourth-order valence-corrected chi connectivity index (χ4v) is 6.85. The Bertz CT molecular complexity index is 493. The van der Waals surface area contributed by atoms with E-state index in [-0.39, 0.29) is 6.61 Å². The quantitative estimate of drug-likeness (QED) is 0.0486. The maximum absolute atomic E-state index is 9.95. The Hall–Kier alpha value is 0.620. The maximum atomic E-state index is 9.95. The van der Waals surface area contributed by atoms with Gasteiger partial charge in [0, 0.05) is 5.41 Å². The summed E-state index contributed by atoms with van der Waals surface area (Å²) >= 11 is 0. The molecule has 0 aromatic heterocycles. The lowest BCUT2D eigenvalue weighted by molar-refractivity contribution is -0.0858. The second-order valence-corrected chi connectivity index (χ2v) is 13.8. The molecule has 0 saturated carbocycles. The molecule has 0 radical (unpaired) electrons. The molecule has 0 spiro atoms. The van der Waals surface area contributed by atoms with Crippen LogP contribution in [0.2, 0.25) is 0 Å². The zero-order valence-corrected chi connectivity index (χ0v) is 28.0. The van der Waals surface area contributed by atoms with Gasteiger partial charge in [-0.2, -0.15) is 0 Å². The van der Waals surface area contributed by atoms with Crippen LogP contribution in [0.1, 0.15) is 182 Å². The molecular weight excluding hydrogens is 530 g/mol. The van der Waals surface area contributed by atoms with E-state index in [2.05, 4.69) is 13.8 Å². The SMILES string of the molecule is CCCCCCCCCCCCCC(CCCCCCCCCCCCC)(OP(O)O)C(C)(C)COP(O)O. The maximum Gasteiger partial charge on any atom is 0.327 e. The van der Waals surface area contributed by atoms with E-state index in [1.54, 1.807) is 0 Å². The molecule has 0 aliphatic carbocycles. The summed E-state index contributed by atoms with van der Waals surface area (Å²) < 4.78 is 11.2. The molecule has 0 aromatic rings. The minimum absolute atomic E-state index is 0.102. The summed E-state index contributed by atoms with van der Waals surface area (Å²) in [6, 6.07) is 0. The highest BCUT2D eigenvalue weighted by Crippen LogP contribution is 2.50. The van der Waals surface area contributed by atoms with Gasteiger partial charge in [-0.25, -0.2) is 0 Å². The van der Waals surface area contributed by atoms with Gasteiger partial charge >= 0.3 is 17.2 Å². The number of rotatable bonds is 30. The normalized spacial score (nSPS) is 12.8. The van der Waals surface area contributed by atoms with Crippen LogP contribution in [0.3, 0.4) is 0 Å². The lowest BCUT2D eigenvalue weighted by atomic mass is 9.70. The van der Waals surface area contributed by atoms with E-state index >= 15 is 0 Å². The molecule has 0 amide bonds. The molecule has 0 aromatic carbocycles. The van der Waals surface area contributed by atoms with E-state index < -0.39 is 28.2 Å². The van der Waals surface area contributed by atoms with Crippen LogP contribution < -0.4 is 0 Å². The monoisotopic (exact) mass is 596 g/mol. The van der Waals surface area contributed by atoms with Gasteiger partial charge in [-0.15, -0.1) is 0 Å². The standard InChI is InChI=1S/C31H66O6P2/c1-5-7-9-11-13-15-17-19-21-23-25-27-31(37-39(34)35,30(3,4)29-36-38(32)33)28-26-24-22-20-18-16-14-12-10-8-6-2/h32-35H,5-29H2,1-4H3. The highest BCUT2D eigenvalue weighted by Gasteiger charge is 2.47. The van der Waals surface area contributed by atoms with Crippen molar-refractivity contribution in [2.24, 2.45) is 5.41 Å². The van der Waals surface area contributed by atoms with Gasteiger partial charge in [-0.3, -0.25) is 0 Å². The summed E-state index contributed by atoms with van der Waals surface area (Å²) in [5, 5.41) is 0. The number of hydrogen-bond donors (Lipinski definition) is 4. The van der Waals surface area contributed by atoms with E-state index in [0.29, 0.717) is 12.8 Å². The second-order valence-electron chi connectivity index (χ2n) is 12.3. The van der Waals surface area contributed by atoms with Crippen molar-refractivity contribution < 1.29 is 28.6 Å². The lowest BCUT2D eigenvalue weighted by Gasteiger charge is -2.46. The van der Waals surface area contributed by atoms with E-state index in [0.717, 1.165) is 25.7 Å². The molecule has 0 fully saturated rings. The smallest absolute Gasteiger partial charge is 0.327 e. The third-order valence-electron chi connectivity index (χ3n) is 8.40. The summed E-state index contributed by atoms with van der Waals surface area (Å²) in [5.74, 6) is 0. The molecule has 39 heavy (non-hydrogen) atoms. The first-order chi connectivity index (χ1) is 18.7. The number of unbranched alkanes of at least 4 members (excludes halogenated alkanes) is 20. The first-order valence-electron chi connectivity index (χ1n) is 16.4. The predicted octanol–water partition coefficient (Wildman–Crippen LogP) is 10.6. The lowest BCUT2D eigenvalue weighted by Crippen LogP contribution is -2.48. The van der Waals surface area contributed by atoms with Crippen LogP contribution in [-0.2, 0) is 9.05 Å². The van der Waals surface area contributed by atoms with Crippen molar-refractivity contribution in [2.75, 3.05) is 6.61 Å². The molecule has 4 N–H and O–H groups in total. The van der Waals surface area contributed by atoms with Gasteiger partial charge in [-0.1, -0.05) is 169 Å². The molecular formula is C31H66O6P2. The van der Waals surface area contributed by atoms with Gasteiger partial charge < -0.3 is 28.6 Å². The van der Waals surface area contributed by atoms with Gasteiger partial charge in [0.15, 0.2) is 0 Å². The highest BCUT2D eigenvalue weighted by atomic mass is 31.2. The molecule has 0 atom stereocenters. The Balaban J connectivity index is 4.70. The van der Waals surface area contributed by atoms with Crippen LogP contribution >= 0.6 is 17.2 Å². The minimum Gasteiger partial charge on any atom is -0.328 e. The first kappa shape index (κ1) is 39.6. The van der Waals surface area contributed by atoms with Crippen molar-refractivity contribution in [3.63, 3.8) is 0 Å². The van der Waals surface area contributed by atoms with Crippen molar-refractivity contribution in [1.82, 2.24) is 0 Å². The molecule has 0 heterocycles. The average Bonchev–Trinajstić information content (AvgIpc) is 2.88.